The van der Waals surface area contributed by atoms with E-state index in [4.69, 9.17) is 10.5 Å². The molecule has 1 aliphatic rings. The van der Waals surface area contributed by atoms with Gasteiger partial charge in [-0.05, 0) is 37.8 Å². The Morgan fingerprint density at radius 1 is 1.25 bits per heavy atom. The maximum Gasteiger partial charge on any atom is 0.415 e. The van der Waals surface area contributed by atoms with Crippen LogP contribution in [0.3, 0.4) is 0 Å². The topological polar surface area (TPSA) is 102 Å². The van der Waals surface area contributed by atoms with Crippen LogP contribution in [0.15, 0.2) is 60.6 Å². The van der Waals surface area contributed by atoms with Gasteiger partial charge in [-0.1, -0.05) is 18.7 Å². The highest BCUT2D eigenvalue weighted by molar-refractivity contribution is 5.75. The molecule has 0 spiro atoms. The van der Waals surface area contributed by atoms with E-state index in [9.17, 15) is 18.0 Å². The van der Waals surface area contributed by atoms with Crippen LogP contribution in [-0.4, -0.2) is 71.2 Å². The van der Waals surface area contributed by atoms with Crippen molar-refractivity contribution in [3.05, 3.63) is 66.4 Å². The molecule has 3 rings (SSSR count). The summed E-state index contributed by atoms with van der Waals surface area (Å²) in [6.07, 6.45) is 0.290. The molecule has 36 heavy (non-hydrogen) atoms. The normalized spacial score (nSPS) is 14.9. The van der Waals surface area contributed by atoms with Crippen molar-refractivity contribution in [3.8, 4) is 11.4 Å². The molecule has 2 aromatic rings. The van der Waals surface area contributed by atoms with Gasteiger partial charge in [0.25, 0.3) is 0 Å². The Morgan fingerprint density at radius 3 is 2.56 bits per heavy atom. The molecule has 1 saturated heterocycles. The first-order valence-electron chi connectivity index (χ1n) is 11.4. The predicted molar refractivity (Wildman–Crippen MR) is 131 cm³/mol. The molecule has 194 valence electrons. The van der Waals surface area contributed by atoms with E-state index in [0.717, 1.165) is 23.7 Å². The molecule has 12 heteroatoms. The lowest BCUT2D eigenvalue weighted by Crippen LogP contribution is -2.52. The Labute approximate surface area is 207 Å². The van der Waals surface area contributed by atoms with Gasteiger partial charge in [-0.3, -0.25) is 0 Å². The number of anilines is 1. The Bertz CT molecular complexity index is 1130. The van der Waals surface area contributed by atoms with Crippen molar-refractivity contribution in [2.75, 3.05) is 44.2 Å². The number of carbonyl (C=O) groups excluding carboxylic acids is 1. The average Bonchev–Trinajstić information content (AvgIpc) is 3.29. The number of urea groups is 1. The summed E-state index contributed by atoms with van der Waals surface area (Å²) in [6, 6.07) is 5.54. The zero-order valence-corrected chi connectivity index (χ0v) is 20.3. The molecule has 2 amide bonds. The number of nitrogens with zero attached hydrogens (tertiary/aromatic N) is 5. The first kappa shape index (κ1) is 26.6. The number of ether oxygens (including phenoxy) is 1. The second kappa shape index (κ2) is 11.6. The molecule has 0 saturated carbocycles. The summed E-state index contributed by atoms with van der Waals surface area (Å²) in [5.74, 6) is 1.34. The van der Waals surface area contributed by atoms with E-state index in [2.05, 4.69) is 26.9 Å². The highest BCUT2D eigenvalue weighted by atomic mass is 19.4. The Kier molecular flexibility index (Phi) is 8.62. The molecule has 1 aromatic heterocycles. The quantitative estimate of drug-likeness (QED) is 0.534. The van der Waals surface area contributed by atoms with Gasteiger partial charge in [0.15, 0.2) is 0 Å². The number of alkyl halides is 3. The number of nitrogens with one attached hydrogen (secondary N) is 1. The largest absolute Gasteiger partial charge is 0.492 e. The number of hydrogen-bond donors (Lipinski definition) is 2. The molecule has 9 nitrogen and oxygen atoms in total. The summed E-state index contributed by atoms with van der Waals surface area (Å²) < 4.78 is 45.2. The maximum absolute atomic E-state index is 12.6. The lowest BCUT2D eigenvalue weighted by Gasteiger charge is -2.36. The van der Waals surface area contributed by atoms with Crippen molar-refractivity contribution in [2.45, 2.75) is 20.0 Å². The van der Waals surface area contributed by atoms with Crippen molar-refractivity contribution in [1.82, 2.24) is 25.0 Å². The van der Waals surface area contributed by atoms with Crippen LogP contribution < -0.4 is 20.7 Å². The SMILES string of the molecule is C=C(/C=C\C(=C/N)CNC(=O)N1CCN(c2ccc(-n3cnc(C)n3)c(OCC)c2)CC1)C(F)(F)F. The van der Waals surface area contributed by atoms with E-state index in [-0.39, 0.29) is 12.6 Å². The van der Waals surface area contributed by atoms with E-state index in [1.807, 2.05) is 32.0 Å². The number of halogens is 3. The molecule has 0 aliphatic carbocycles. The number of piperazine rings is 1. The third-order valence-corrected chi connectivity index (χ3v) is 5.55. The lowest BCUT2D eigenvalue weighted by atomic mass is 10.2. The number of hydrogen-bond acceptors (Lipinski definition) is 6. The molecule has 0 radical (unpaired) electrons. The minimum absolute atomic E-state index is 0.00186. The third kappa shape index (κ3) is 6.80. The van der Waals surface area contributed by atoms with Crippen molar-refractivity contribution in [1.29, 1.82) is 0 Å². The first-order valence-corrected chi connectivity index (χ1v) is 11.4. The monoisotopic (exact) mass is 505 g/mol. The van der Waals surface area contributed by atoms with Gasteiger partial charge in [-0.25, -0.2) is 14.5 Å². The third-order valence-electron chi connectivity index (χ3n) is 5.55. The summed E-state index contributed by atoms with van der Waals surface area (Å²) in [7, 11) is 0. The molecule has 0 bridgehead atoms. The van der Waals surface area contributed by atoms with Crippen molar-refractivity contribution >= 4 is 11.7 Å². The smallest absolute Gasteiger partial charge is 0.415 e. The van der Waals surface area contributed by atoms with Gasteiger partial charge in [0.05, 0.1) is 6.61 Å². The highest BCUT2D eigenvalue weighted by Crippen LogP contribution is 2.29. The predicted octanol–water partition coefficient (Wildman–Crippen LogP) is 3.32. The molecule has 2 heterocycles. The standard InChI is InChI=1S/C24H30F3N7O2/c1-4-36-22-13-20(7-8-21(22)34-16-30-18(3)31-34)32-9-11-33(12-10-32)23(35)29-15-19(14-28)6-5-17(2)24(25,26)27/h5-8,13-14,16H,2,4,9-12,15,28H2,1,3H3,(H,29,35)/b6-5-,19-14+. The number of aromatic nitrogens is 3. The van der Waals surface area contributed by atoms with E-state index in [1.54, 1.807) is 15.9 Å². The fourth-order valence-electron chi connectivity index (χ4n) is 3.55. The summed E-state index contributed by atoms with van der Waals surface area (Å²) in [5, 5.41) is 7.05. The fraction of sp³-hybridized carbons (Fsp3) is 0.375. The van der Waals surface area contributed by atoms with Gasteiger partial charge in [0, 0.05) is 50.1 Å². The second-order valence-electron chi connectivity index (χ2n) is 8.05. The van der Waals surface area contributed by atoms with Crippen LogP contribution in [0.25, 0.3) is 5.69 Å². The Morgan fingerprint density at radius 2 is 1.97 bits per heavy atom. The maximum atomic E-state index is 12.6. The summed E-state index contributed by atoms with van der Waals surface area (Å²) in [4.78, 5) is 20.5. The lowest BCUT2D eigenvalue weighted by molar-refractivity contribution is -0.0878. The second-order valence-corrected chi connectivity index (χ2v) is 8.05. The van der Waals surface area contributed by atoms with E-state index >= 15 is 0 Å². The molecular formula is C24H30F3N7O2. The van der Waals surface area contributed by atoms with Gasteiger partial charge >= 0.3 is 12.2 Å². The first-order chi connectivity index (χ1) is 17.1. The number of allylic oxidation sites excluding steroid dienone is 2. The molecule has 0 atom stereocenters. The Hall–Kier alpha value is -3.96. The minimum atomic E-state index is -4.52. The summed E-state index contributed by atoms with van der Waals surface area (Å²) in [5.41, 5.74) is 6.56. The number of amides is 2. The number of aryl methyl sites for hydroxylation is 1. The number of rotatable bonds is 8. The van der Waals surface area contributed by atoms with Crippen LogP contribution in [0.1, 0.15) is 12.7 Å². The molecule has 1 aromatic carbocycles. The van der Waals surface area contributed by atoms with Gasteiger partial charge in [0.1, 0.15) is 23.6 Å². The molecule has 0 unspecified atom stereocenters. The van der Waals surface area contributed by atoms with Crippen molar-refractivity contribution < 1.29 is 22.7 Å². The van der Waals surface area contributed by atoms with E-state index in [1.165, 1.54) is 6.08 Å². The van der Waals surface area contributed by atoms with Crippen LogP contribution in [0.4, 0.5) is 23.7 Å². The molecule has 3 N–H and O–H groups in total. The fourth-order valence-corrected chi connectivity index (χ4v) is 3.55. The number of benzene rings is 1. The van der Waals surface area contributed by atoms with Crippen molar-refractivity contribution in [3.63, 3.8) is 0 Å². The Balaban J connectivity index is 1.56. The molecule has 1 fully saturated rings. The summed E-state index contributed by atoms with van der Waals surface area (Å²) in [6.45, 7) is 9.35. The van der Waals surface area contributed by atoms with Gasteiger partial charge in [-0.15, -0.1) is 0 Å². The van der Waals surface area contributed by atoms with Crippen LogP contribution in [0, 0.1) is 6.92 Å². The molecule has 1 aliphatic heterocycles. The average molecular weight is 506 g/mol. The van der Waals surface area contributed by atoms with Crippen LogP contribution >= 0.6 is 0 Å². The van der Waals surface area contributed by atoms with Gasteiger partial charge in [-0.2, -0.15) is 18.3 Å². The van der Waals surface area contributed by atoms with E-state index < -0.39 is 11.7 Å². The number of carbonyl (C=O) groups is 1. The van der Waals surface area contributed by atoms with Crippen LogP contribution in [-0.2, 0) is 0 Å². The van der Waals surface area contributed by atoms with Crippen LogP contribution in [0.5, 0.6) is 5.75 Å². The van der Waals surface area contributed by atoms with E-state index in [0.29, 0.717) is 49.9 Å². The summed E-state index contributed by atoms with van der Waals surface area (Å²) >= 11 is 0. The zero-order chi connectivity index (χ0) is 26.3. The van der Waals surface area contributed by atoms with Gasteiger partial charge in [0.2, 0.25) is 0 Å². The van der Waals surface area contributed by atoms with Crippen molar-refractivity contribution in [2.24, 2.45) is 5.73 Å². The number of nitrogens with two attached hydrogens (primary N) is 1. The minimum Gasteiger partial charge on any atom is -0.492 e. The van der Waals surface area contributed by atoms with Gasteiger partial charge < -0.3 is 25.6 Å². The van der Waals surface area contributed by atoms with Crippen LogP contribution in [0.2, 0.25) is 0 Å². The zero-order valence-electron chi connectivity index (χ0n) is 20.3. The molecular weight excluding hydrogens is 475 g/mol. The highest BCUT2D eigenvalue weighted by Gasteiger charge is 2.29.